The van der Waals surface area contributed by atoms with E-state index in [0.717, 1.165) is 10.2 Å². The van der Waals surface area contributed by atoms with Gasteiger partial charge in [-0.3, -0.25) is 9.52 Å². The van der Waals surface area contributed by atoms with Crippen LogP contribution in [0.2, 0.25) is 5.02 Å². The van der Waals surface area contributed by atoms with Gasteiger partial charge in [-0.25, -0.2) is 13.4 Å². The molecule has 5 aromatic rings. The third-order valence-electron chi connectivity index (χ3n) is 5.28. The standard InChI is InChI=1S/C26H18ClN3O4S2/c27-17-8-11-20(12-9-17)36(33,34)30-19-5-3-4-16(14-19)25(32)28-18-10-13-23(31)21(15-18)26-29-22-6-1-2-7-24(22)35-26/h1-15,30-31H,(H,28,32). The minimum absolute atomic E-state index is 0.0469. The first-order valence-corrected chi connectivity index (χ1v) is 13.3. The summed E-state index contributed by atoms with van der Waals surface area (Å²) in [7, 11) is -3.86. The molecule has 0 spiro atoms. The zero-order valence-electron chi connectivity index (χ0n) is 18.5. The van der Waals surface area contributed by atoms with E-state index in [1.54, 1.807) is 30.3 Å². The number of halogens is 1. The molecular weight excluding hydrogens is 518 g/mol. The Morgan fingerprint density at radius 3 is 2.44 bits per heavy atom. The average molecular weight is 536 g/mol. The van der Waals surface area contributed by atoms with Gasteiger partial charge in [0.25, 0.3) is 15.9 Å². The first-order valence-electron chi connectivity index (χ1n) is 10.7. The molecule has 0 saturated heterocycles. The number of phenols is 1. The number of hydrogen-bond acceptors (Lipinski definition) is 6. The van der Waals surface area contributed by atoms with E-state index in [1.165, 1.54) is 47.7 Å². The quantitative estimate of drug-likeness (QED) is 0.219. The first kappa shape index (κ1) is 23.8. The zero-order chi connectivity index (χ0) is 25.3. The molecule has 0 aliphatic rings. The summed E-state index contributed by atoms with van der Waals surface area (Å²) in [6.45, 7) is 0. The number of amides is 1. The fourth-order valence-corrected chi connectivity index (χ4v) is 5.69. The number of para-hydroxylation sites is 1. The van der Waals surface area contributed by atoms with E-state index in [2.05, 4.69) is 15.0 Å². The fourth-order valence-electron chi connectivity index (χ4n) is 3.53. The van der Waals surface area contributed by atoms with Crippen LogP contribution in [0.3, 0.4) is 0 Å². The molecule has 1 amide bonds. The smallest absolute Gasteiger partial charge is 0.261 e. The van der Waals surface area contributed by atoms with Gasteiger partial charge in [0.05, 0.1) is 20.7 Å². The number of benzene rings is 4. The van der Waals surface area contributed by atoms with Gasteiger partial charge in [0.1, 0.15) is 10.8 Å². The topological polar surface area (TPSA) is 108 Å². The van der Waals surface area contributed by atoms with Gasteiger partial charge in [0.2, 0.25) is 0 Å². The fraction of sp³-hybridized carbons (Fsp3) is 0. The van der Waals surface area contributed by atoms with Crippen LogP contribution in [0.25, 0.3) is 20.8 Å². The van der Waals surface area contributed by atoms with Crippen LogP contribution >= 0.6 is 22.9 Å². The molecule has 4 aromatic carbocycles. The van der Waals surface area contributed by atoms with Crippen LogP contribution in [0.1, 0.15) is 10.4 Å². The summed E-state index contributed by atoms with van der Waals surface area (Å²) in [5, 5.41) is 14.2. The minimum Gasteiger partial charge on any atom is -0.507 e. The number of sulfonamides is 1. The monoisotopic (exact) mass is 535 g/mol. The number of nitrogens with zero attached hydrogens (tertiary/aromatic N) is 1. The molecule has 3 N–H and O–H groups in total. The highest BCUT2D eigenvalue weighted by atomic mass is 35.5. The summed E-state index contributed by atoms with van der Waals surface area (Å²) in [5.41, 5.74) is 2.27. The van der Waals surface area contributed by atoms with Gasteiger partial charge >= 0.3 is 0 Å². The Labute approximate surface area is 216 Å². The van der Waals surface area contributed by atoms with E-state index in [4.69, 9.17) is 11.6 Å². The number of phenolic OH excluding ortho intramolecular Hbond substituents is 1. The van der Waals surface area contributed by atoms with Crippen molar-refractivity contribution in [1.82, 2.24) is 4.98 Å². The summed E-state index contributed by atoms with van der Waals surface area (Å²) < 4.78 is 28.8. The normalized spacial score (nSPS) is 11.4. The van der Waals surface area contributed by atoms with E-state index >= 15 is 0 Å². The van der Waals surface area contributed by atoms with E-state index in [1.807, 2.05) is 24.3 Å². The Balaban J connectivity index is 1.36. The highest BCUT2D eigenvalue weighted by molar-refractivity contribution is 7.92. The zero-order valence-corrected chi connectivity index (χ0v) is 20.9. The van der Waals surface area contributed by atoms with Gasteiger partial charge in [0.15, 0.2) is 0 Å². The van der Waals surface area contributed by atoms with Crippen LogP contribution in [-0.2, 0) is 10.0 Å². The second-order valence-electron chi connectivity index (χ2n) is 7.81. The predicted molar refractivity (Wildman–Crippen MR) is 143 cm³/mol. The summed E-state index contributed by atoms with van der Waals surface area (Å²) in [4.78, 5) is 17.6. The van der Waals surface area contributed by atoms with Crippen molar-refractivity contribution in [2.75, 3.05) is 10.0 Å². The number of rotatable bonds is 6. The van der Waals surface area contributed by atoms with Gasteiger partial charge in [-0.2, -0.15) is 0 Å². The lowest BCUT2D eigenvalue weighted by atomic mass is 10.1. The summed E-state index contributed by atoms with van der Waals surface area (Å²) in [5.74, 6) is -0.394. The molecule has 0 aliphatic carbocycles. The van der Waals surface area contributed by atoms with Crippen molar-refractivity contribution < 1.29 is 18.3 Å². The molecule has 7 nitrogen and oxygen atoms in total. The van der Waals surface area contributed by atoms with Crippen LogP contribution in [0.5, 0.6) is 5.75 Å². The number of nitrogens with one attached hydrogen (secondary N) is 2. The van der Waals surface area contributed by atoms with E-state index in [9.17, 15) is 18.3 Å². The number of carbonyl (C=O) groups excluding carboxylic acids is 1. The predicted octanol–water partition coefficient (Wildman–Crippen LogP) is 6.38. The molecule has 36 heavy (non-hydrogen) atoms. The highest BCUT2D eigenvalue weighted by Crippen LogP contribution is 2.36. The molecular formula is C26H18ClN3O4S2. The SMILES string of the molecule is O=C(Nc1ccc(O)c(-c2nc3ccccc3s2)c1)c1cccc(NS(=O)(=O)c2ccc(Cl)cc2)c1. The van der Waals surface area contributed by atoms with Gasteiger partial charge in [-0.1, -0.05) is 29.8 Å². The number of thiazole rings is 1. The first-order chi connectivity index (χ1) is 17.3. The van der Waals surface area contributed by atoms with Crippen molar-refractivity contribution in [2.24, 2.45) is 0 Å². The van der Waals surface area contributed by atoms with Crippen molar-refractivity contribution >= 4 is 60.5 Å². The lowest BCUT2D eigenvalue weighted by molar-refractivity contribution is 0.102. The van der Waals surface area contributed by atoms with Crippen LogP contribution in [0, 0.1) is 0 Å². The van der Waals surface area contributed by atoms with Gasteiger partial charge in [0, 0.05) is 22.0 Å². The van der Waals surface area contributed by atoms with Crippen LogP contribution in [0.15, 0.2) is 95.9 Å². The molecule has 0 aliphatic heterocycles. The summed E-state index contributed by atoms with van der Waals surface area (Å²) >= 11 is 7.28. The third-order valence-corrected chi connectivity index (χ3v) is 8.00. The Morgan fingerprint density at radius 1 is 0.889 bits per heavy atom. The number of hydrogen-bond donors (Lipinski definition) is 3. The largest absolute Gasteiger partial charge is 0.507 e. The average Bonchev–Trinajstić information content (AvgIpc) is 3.29. The third kappa shape index (κ3) is 5.03. The Bertz CT molecular complexity index is 1670. The number of carbonyl (C=O) groups is 1. The number of anilines is 2. The Kier molecular flexibility index (Phi) is 6.36. The molecule has 1 aromatic heterocycles. The van der Waals surface area contributed by atoms with Crippen molar-refractivity contribution in [3.63, 3.8) is 0 Å². The maximum absolute atomic E-state index is 12.9. The molecule has 1 heterocycles. The van der Waals surface area contributed by atoms with Crippen molar-refractivity contribution in [1.29, 1.82) is 0 Å². The molecule has 5 rings (SSSR count). The van der Waals surface area contributed by atoms with Gasteiger partial charge < -0.3 is 10.4 Å². The maximum Gasteiger partial charge on any atom is 0.261 e. The second-order valence-corrected chi connectivity index (χ2v) is 11.0. The molecule has 0 bridgehead atoms. The molecule has 10 heteroatoms. The van der Waals surface area contributed by atoms with Crippen molar-refractivity contribution in [3.8, 4) is 16.3 Å². The van der Waals surface area contributed by atoms with Crippen LogP contribution in [-0.4, -0.2) is 24.4 Å². The molecule has 0 saturated carbocycles. The van der Waals surface area contributed by atoms with E-state index in [0.29, 0.717) is 21.3 Å². The number of aromatic nitrogens is 1. The molecule has 0 radical (unpaired) electrons. The van der Waals surface area contributed by atoms with Gasteiger partial charge in [-0.15, -0.1) is 11.3 Å². The lowest BCUT2D eigenvalue weighted by Crippen LogP contribution is -2.15. The summed E-state index contributed by atoms with van der Waals surface area (Å²) in [6.07, 6.45) is 0. The van der Waals surface area contributed by atoms with Crippen molar-refractivity contribution in [2.45, 2.75) is 4.90 Å². The second kappa shape index (κ2) is 9.62. The Morgan fingerprint density at radius 2 is 1.67 bits per heavy atom. The number of aromatic hydroxyl groups is 1. The highest BCUT2D eigenvalue weighted by Gasteiger charge is 2.16. The molecule has 0 fully saturated rings. The minimum atomic E-state index is -3.86. The van der Waals surface area contributed by atoms with Gasteiger partial charge in [-0.05, 0) is 72.8 Å². The van der Waals surface area contributed by atoms with Crippen LogP contribution < -0.4 is 10.0 Å². The maximum atomic E-state index is 12.9. The van der Waals surface area contributed by atoms with E-state index in [-0.39, 0.29) is 21.9 Å². The molecule has 180 valence electrons. The number of fused-ring (bicyclic) bond motifs is 1. The van der Waals surface area contributed by atoms with E-state index < -0.39 is 15.9 Å². The van der Waals surface area contributed by atoms with Crippen molar-refractivity contribution in [3.05, 3.63) is 102 Å². The molecule has 0 unspecified atom stereocenters. The lowest BCUT2D eigenvalue weighted by Gasteiger charge is -2.11. The van der Waals surface area contributed by atoms with Crippen LogP contribution in [0.4, 0.5) is 11.4 Å². The Hall–Kier alpha value is -3.92. The summed E-state index contributed by atoms with van der Waals surface area (Å²) in [6, 6.07) is 24.3. The molecule has 0 atom stereocenters.